The summed E-state index contributed by atoms with van der Waals surface area (Å²) in [6.45, 7) is 0.482. The topological polar surface area (TPSA) is 72.6 Å². The summed E-state index contributed by atoms with van der Waals surface area (Å²) in [6, 6.07) is 4.65. The largest absolute Gasteiger partial charge is 0.493 e. The lowest BCUT2D eigenvalue weighted by Crippen LogP contribution is -2.11. The molecule has 0 unspecified atom stereocenters. The Bertz CT molecular complexity index is 355. The summed E-state index contributed by atoms with van der Waals surface area (Å²) in [7, 11) is 0. The summed E-state index contributed by atoms with van der Waals surface area (Å²) in [5.74, 6) is -0.0136. The number of amides is 1. The number of carbonyl (C=O) groups excluding carboxylic acids is 1. The van der Waals surface area contributed by atoms with Crippen LogP contribution in [0.2, 0.25) is 5.02 Å². The quantitative estimate of drug-likeness (QED) is 0.746. The lowest BCUT2D eigenvalue weighted by atomic mass is 10.2. The number of nitrogens with two attached hydrogens (primary N) is 1. The number of primary amides is 1. The maximum Gasteiger partial charge on any atom is 0.250 e. The molecule has 0 spiro atoms. The minimum absolute atomic E-state index is 0.0765. The van der Waals surface area contributed by atoms with Gasteiger partial charge in [-0.1, -0.05) is 11.6 Å². The Hall–Kier alpha value is -1.26. The predicted molar refractivity (Wildman–Crippen MR) is 57.2 cm³/mol. The summed E-state index contributed by atoms with van der Waals surface area (Å²) in [6.07, 6.45) is 0.551. The molecular weight excluding hydrogens is 218 g/mol. The van der Waals surface area contributed by atoms with Crippen LogP contribution in [0.25, 0.3) is 0 Å². The van der Waals surface area contributed by atoms with Gasteiger partial charge in [0.15, 0.2) is 0 Å². The minimum atomic E-state index is -0.568. The number of carbonyl (C=O) groups is 1. The summed E-state index contributed by atoms with van der Waals surface area (Å²) >= 11 is 5.81. The molecule has 15 heavy (non-hydrogen) atoms. The van der Waals surface area contributed by atoms with Crippen molar-refractivity contribution in [1.29, 1.82) is 0 Å². The van der Waals surface area contributed by atoms with Gasteiger partial charge in [-0.15, -0.1) is 0 Å². The number of halogens is 1. The minimum Gasteiger partial charge on any atom is -0.493 e. The maximum absolute atomic E-state index is 10.9. The highest BCUT2D eigenvalue weighted by molar-refractivity contribution is 6.33. The van der Waals surface area contributed by atoms with Crippen LogP contribution in [0.1, 0.15) is 16.8 Å². The molecule has 1 aromatic rings. The number of rotatable bonds is 5. The predicted octanol–water partition coefficient (Wildman–Crippen LogP) is 1.20. The highest BCUT2D eigenvalue weighted by Gasteiger charge is 2.07. The number of aliphatic hydroxyl groups excluding tert-OH is 1. The average molecular weight is 230 g/mol. The van der Waals surface area contributed by atoms with Gasteiger partial charge in [0, 0.05) is 13.0 Å². The zero-order valence-corrected chi connectivity index (χ0v) is 8.83. The molecule has 1 aromatic carbocycles. The van der Waals surface area contributed by atoms with Crippen LogP contribution in [0.4, 0.5) is 0 Å². The van der Waals surface area contributed by atoms with E-state index >= 15 is 0 Å². The van der Waals surface area contributed by atoms with Crippen LogP contribution in [-0.4, -0.2) is 24.2 Å². The number of aliphatic hydroxyl groups is 1. The molecule has 0 atom stereocenters. The molecule has 3 N–H and O–H groups in total. The van der Waals surface area contributed by atoms with Gasteiger partial charge in [-0.3, -0.25) is 4.79 Å². The molecule has 0 saturated heterocycles. The molecule has 0 heterocycles. The van der Waals surface area contributed by atoms with Crippen LogP contribution >= 0.6 is 11.6 Å². The van der Waals surface area contributed by atoms with Crippen molar-refractivity contribution in [2.45, 2.75) is 6.42 Å². The number of hydrogen-bond acceptors (Lipinski definition) is 3. The Labute approximate surface area is 92.6 Å². The molecule has 82 valence electrons. The van der Waals surface area contributed by atoms with Crippen molar-refractivity contribution in [1.82, 2.24) is 0 Å². The van der Waals surface area contributed by atoms with E-state index in [1.807, 2.05) is 0 Å². The molecule has 0 aliphatic heterocycles. The van der Waals surface area contributed by atoms with E-state index in [0.717, 1.165) is 0 Å². The van der Waals surface area contributed by atoms with Gasteiger partial charge in [0.05, 0.1) is 17.2 Å². The van der Waals surface area contributed by atoms with E-state index in [4.69, 9.17) is 27.2 Å². The molecular formula is C10H12ClNO3. The molecule has 0 aromatic heterocycles. The van der Waals surface area contributed by atoms with E-state index < -0.39 is 5.91 Å². The van der Waals surface area contributed by atoms with Crippen LogP contribution in [0.5, 0.6) is 5.75 Å². The summed E-state index contributed by atoms with van der Waals surface area (Å²) in [5, 5.41) is 8.82. The van der Waals surface area contributed by atoms with Crippen molar-refractivity contribution in [2.24, 2.45) is 5.73 Å². The normalized spacial score (nSPS) is 10.0. The Morgan fingerprint density at radius 1 is 1.53 bits per heavy atom. The fourth-order valence-corrected chi connectivity index (χ4v) is 1.30. The van der Waals surface area contributed by atoms with Crippen molar-refractivity contribution in [3.05, 3.63) is 28.8 Å². The zero-order chi connectivity index (χ0) is 11.3. The third-order valence-corrected chi connectivity index (χ3v) is 2.09. The SMILES string of the molecule is NC(=O)c1ccc(OCCCO)cc1Cl. The summed E-state index contributed by atoms with van der Waals surface area (Å²) < 4.78 is 5.27. The van der Waals surface area contributed by atoms with Crippen molar-refractivity contribution >= 4 is 17.5 Å². The van der Waals surface area contributed by atoms with E-state index in [9.17, 15) is 4.79 Å². The highest BCUT2D eigenvalue weighted by Crippen LogP contribution is 2.22. The van der Waals surface area contributed by atoms with Crippen LogP contribution in [0, 0.1) is 0 Å². The molecule has 0 bridgehead atoms. The fraction of sp³-hybridized carbons (Fsp3) is 0.300. The second kappa shape index (κ2) is 5.58. The Morgan fingerprint density at radius 3 is 2.80 bits per heavy atom. The molecule has 1 rings (SSSR count). The van der Waals surface area contributed by atoms with Crippen molar-refractivity contribution < 1.29 is 14.6 Å². The highest BCUT2D eigenvalue weighted by atomic mass is 35.5. The van der Waals surface area contributed by atoms with Gasteiger partial charge in [0.25, 0.3) is 0 Å². The number of hydrogen-bond donors (Lipinski definition) is 2. The van der Waals surface area contributed by atoms with Gasteiger partial charge in [0.1, 0.15) is 5.75 Å². The van der Waals surface area contributed by atoms with Crippen molar-refractivity contribution in [3.8, 4) is 5.75 Å². The first-order chi connectivity index (χ1) is 7.15. The molecule has 0 aliphatic carbocycles. The second-order valence-corrected chi connectivity index (χ2v) is 3.34. The van der Waals surface area contributed by atoms with Crippen LogP contribution in [-0.2, 0) is 0 Å². The van der Waals surface area contributed by atoms with Gasteiger partial charge >= 0.3 is 0 Å². The van der Waals surface area contributed by atoms with Gasteiger partial charge < -0.3 is 15.6 Å². The molecule has 0 saturated carbocycles. The molecule has 1 amide bonds. The molecule has 0 aliphatic rings. The van der Waals surface area contributed by atoms with Crippen molar-refractivity contribution in [2.75, 3.05) is 13.2 Å². The monoisotopic (exact) mass is 229 g/mol. The number of benzene rings is 1. The van der Waals surface area contributed by atoms with Gasteiger partial charge in [0.2, 0.25) is 5.91 Å². The van der Waals surface area contributed by atoms with Gasteiger partial charge in [-0.05, 0) is 18.2 Å². The van der Waals surface area contributed by atoms with Crippen LogP contribution in [0.3, 0.4) is 0 Å². The lowest BCUT2D eigenvalue weighted by Gasteiger charge is -2.06. The van der Waals surface area contributed by atoms with E-state index in [1.165, 1.54) is 12.1 Å². The first kappa shape index (κ1) is 11.8. The van der Waals surface area contributed by atoms with E-state index in [0.29, 0.717) is 18.8 Å². The fourth-order valence-electron chi connectivity index (χ4n) is 1.04. The van der Waals surface area contributed by atoms with E-state index in [-0.39, 0.29) is 17.2 Å². The molecule has 4 nitrogen and oxygen atoms in total. The van der Waals surface area contributed by atoms with Crippen LogP contribution < -0.4 is 10.5 Å². The second-order valence-electron chi connectivity index (χ2n) is 2.93. The molecule has 0 radical (unpaired) electrons. The Kier molecular flexibility index (Phi) is 4.39. The third kappa shape index (κ3) is 3.42. The lowest BCUT2D eigenvalue weighted by molar-refractivity contribution is 0.100. The Balaban J connectivity index is 2.69. The number of ether oxygens (including phenoxy) is 1. The van der Waals surface area contributed by atoms with Crippen molar-refractivity contribution in [3.63, 3.8) is 0 Å². The first-order valence-corrected chi connectivity index (χ1v) is 4.86. The Morgan fingerprint density at radius 2 is 2.27 bits per heavy atom. The zero-order valence-electron chi connectivity index (χ0n) is 8.07. The maximum atomic E-state index is 10.9. The van der Waals surface area contributed by atoms with E-state index in [1.54, 1.807) is 6.07 Å². The summed E-state index contributed by atoms with van der Waals surface area (Å²) in [5.41, 5.74) is 5.36. The van der Waals surface area contributed by atoms with Crippen LogP contribution in [0.15, 0.2) is 18.2 Å². The molecule has 5 heteroatoms. The standard InChI is InChI=1S/C10H12ClNO3/c11-9-6-7(15-5-1-4-13)2-3-8(9)10(12)14/h2-3,6,13H,1,4-5H2,(H2,12,14). The van der Waals surface area contributed by atoms with Gasteiger partial charge in [-0.25, -0.2) is 0 Å². The average Bonchev–Trinajstić information content (AvgIpc) is 2.17. The first-order valence-electron chi connectivity index (χ1n) is 4.48. The summed E-state index contributed by atoms with van der Waals surface area (Å²) in [4.78, 5) is 10.9. The van der Waals surface area contributed by atoms with E-state index in [2.05, 4.69) is 0 Å². The smallest absolute Gasteiger partial charge is 0.250 e. The third-order valence-electron chi connectivity index (χ3n) is 1.78. The molecule has 0 fully saturated rings. The van der Waals surface area contributed by atoms with Gasteiger partial charge in [-0.2, -0.15) is 0 Å².